The Morgan fingerprint density at radius 1 is 1.33 bits per heavy atom. The zero-order chi connectivity index (χ0) is 16.0. The maximum atomic E-state index is 11.9. The number of nitrogens with zero attached hydrogens (tertiary/aromatic N) is 1. The second-order valence-electron chi connectivity index (χ2n) is 4.54. The lowest BCUT2D eigenvalue weighted by Crippen LogP contribution is -2.40. The summed E-state index contributed by atoms with van der Waals surface area (Å²) >= 11 is 0. The molecule has 0 saturated heterocycles. The number of carbonyl (C=O) groups is 2. The predicted octanol–water partition coefficient (Wildman–Crippen LogP) is 1.05. The van der Waals surface area contributed by atoms with Gasteiger partial charge in [-0.25, -0.2) is 0 Å². The van der Waals surface area contributed by atoms with Crippen LogP contribution in [0.4, 0.5) is 5.69 Å². The molecule has 0 aromatic heterocycles. The van der Waals surface area contributed by atoms with Gasteiger partial charge in [-0.3, -0.25) is 14.5 Å². The molecule has 0 saturated carbocycles. The zero-order valence-corrected chi connectivity index (χ0v) is 12.5. The summed E-state index contributed by atoms with van der Waals surface area (Å²) in [6, 6.07) is 4.27. The quantitative estimate of drug-likeness (QED) is 0.782. The molecule has 1 rings (SSSR count). The van der Waals surface area contributed by atoms with Gasteiger partial charge in [0.15, 0.2) is 0 Å². The van der Waals surface area contributed by atoms with E-state index in [2.05, 4.69) is 5.32 Å². The predicted molar refractivity (Wildman–Crippen MR) is 77.9 cm³/mol. The number of methoxy groups -OCH3 is 2. The number of carbonyl (C=O) groups excluding carboxylic acids is 1. The van der Waals surface area contributed by atoms with E-state index in [1.54, 1.807) is 25.2 Å². The van der Waals surface area contributed by atoms with Gasteiger partial charge in [0.1, 0.15) is 17.5 Å². The third-order valence-electron chi connectivity index (χ3n) is 3.09. The number of amides is 1. The fraction of sp³-hybridized carbons (Fsp3) is 0.429. The smallest absolute Gasteiger partial charge is 0.320 e. The number of carboxylic acids is 1. The highest BCUT2D eigenvalue weighted by Gasteiger charge is 2.19. The number of hydrogen-bond donors (Lipinski definition) is 2. The molecule has 7 heteroatoms. The molecular weight excluding hydrogens is 276 g/mol. The number of nitrogens with one attached hydrogen (secondary N) is 1. The van der Waals surface area contributed by atoms with Crippen molar-refractivity contribution < 1.29 is 24.2 Å². The van der Waals surface area contributed by atoms with Crippen molar-refractivity contribution in [1.82, 2.24) is 4.90 Å². The van der Waals surface area contributed by atoms with E-state index in [1.807, 2.05) is 0 Å². The van der Waals surface area contributed by atoms with Gasteiger partial charge in [-0.05, 0) is 26.1 Å². The van der Waals surface area contributed by atoms with Crippen molar-refractivity contribution in [3.8, 4) is 11.5 Å². The van der Waals surface area contributed by atoms with Gasteiger partial charge >= 0.3 is 5.97 Å². The average Bonchev–Trinajstić information content (AvgIpc) is 2.46. The van der Waals surface area contributed by atoms with Crippen LogP contribution in [-0.4, -0.2) is 55.7 Å². The number of anilines is 1. The van der Waals surface area contributed by atoms with E-state index in [-0.39, 0.29) is 12.5 Å². The molecule has 1 aromatic carbocycles. The van der Waals surface area contributed by atoms with Gasteiger partial charge in [0.2, 0.25) is 5.91 Å². The normalized spacial score (nSPS) is 11.9. The molecule has 0 bridgehead atoms. The first-order valence-electron chi connectivity index (χ1n) is 6.34. The van der Waals surface area contributed by atoms with Gasteiger partial charge in [0, 0.05) is 6.07 Å². The summed E-state index contributed by atoms with van der Waals surface area (Å²) < 4.78 is 10.2. The van der Waals surface area contributed by atoms with E-state index >= 15 is 0 Å². The molecule has 21 heavy (non-hydrogen) atoms. The SMILES string of the molecule is COc1ccc(NC(=O)CN(C)C(C)C(=O)O)c(OC)c1. The van der Waals surface area contributed by atoms with Crippen LogP contribution in [0.25, 0.3) is 0 Å². The minimum absolute atomic E-state index is 0.0390. The van der Waals surface area contributed by atoms with Crippen LogP contribution in [0.1, 0.15) is 6.92 Å². The van der Waals surface area contributed by atoms with Gasteiger partial charge in [-0.2, -0.15) is 0 Å². The molecule has 0 aliphatic rings. The maximum absolute atomic E-state index is 11.9. The van der Waals surface area contributed by atoms with Crippen LogP contribution in [0, 0.1) is 0 Å². The molecule has 1 unspecified atom stereocenters. The van der Waals surface area contributed by atoms with Crippen LogP contribution >= 0.6 is 0 Å². The molecule has 0 fully saturated rings. The van der Waals surface area contributed by atoms with Gasteiger partial charge in [-0.15, -0.1) is 0 Å². The van der Waals surface area contributed by atoms with Crippen LogP contribution in [0.15, 0.2) is 18.2 Å². The molecule has 7 nitrogen and oxygen atoms in total. The lowest BCUT2D eigenvalue weighted by Gasteiger charge is -2.20. The summed E-state index contributed by atoms with van der Waals surface area (Å²) in [5.41, 5.74) is 0.500. The molecule has 1 atom stereocenters. The molecule has 0 spiro atoms. The molecule has 1 aromatic rings. The number of hydrogen-bond acceptors (Lipinski definition) is 5. The van der Waals surface area contributed by atoms with Crippen molar-refractivity contribution in [2.45, 2.75) is 13.0 Å². The van der Waals surface area contributed by atoms with Gasteiger partial charge in [0.25, 0.3) is 0 Å². The van der Waals surface area contributed by atoms with Crippen molar-refractivity contribution in [3.05, 3.63) is 18.2 Å². The zero-order valence-electron chi connectivity index (χ0n) is 12.5. The molecule has 116 valence electrons. The largest absolute Gasteiger partial charge is 0.497 e. The lowest BCUT2D eigenvalue weighted by molar-refractivity contribution is -0.142. The van der Waals surface area contributed by atoms with E-state index in [1.165, 1.54) is 26.0 Å². The fourth-order valence-corrected chi connectivity index (χ4v) is 1.64. The fourth-order valence-electron chi connectivity index (χ4n) is 1.64. The summed E-state index contributed by atoms with van der Waals surface area (Å²) in [6.07, 6.45) is 0. The minimum Gasteiger partial charge on any atom is -0.497 e. The van der Waals surface area contributed by atoms with Crippen molar-refractivity contribution in [2.75, 3.05) is 33.1 Å². The second kappa shape index (κ2) is 7.49. The lowest BCUT2D eigenvalue weighted by atomic mass is 10.2. The van der Waals surface area contributed by atoms with Crippen molar-refractivity contribution in [3.63, 3.8) is 0 Å². The Bertz CT molecular complexity index is 518. The average molecular weight is 296 g/mol. The van der Waals surface area contributed by atoms with Gasteiger partial charge < -0.3 is 19.9 Å². The number of ether oxygens (including phenoxy) is 2. The second-order valence-corrected chi connectivity index (χ2v) is 4.54. The number of likely N-dealkylation sites (N-methyl/N-ethyl adjacent to an activating group) is 1. The maximum Gasteiger partial charge on any atom is 0.320 e. The van der Waals surface area contributed by atoms with E-state index in [0.717, 1.165) is 0 Å². The summed E-state index contributed by atoms with van der Waals surface area (Å²) in [7, 11) is 4.60. The van der Waals surface area contributed by atoms with E-state index in [0.29, 0.717) is 17.2 Å². The Kier molecular flexibility index (Phi) is 5.98. The highest BCUT2D eigenvalue weighted by molar-refractivity contribution is 5.94. The van der Waals surface area contributed by atoms with Crippen molar-refractivity contribution in [2.24, 2.45) is 0 Å². The van der Waals surface area contributed by atoms with Crippen LogP contribution in [0.5, 0.6) is 11.5 Å². The Morgan fingerprint density at radius 3 is 2.52 bits per heavy atom. The minimum atomic E-state index is -0.979. The number of rotatable bonds is 7. The van der Waals surface area contributed by atoms with Crippen molar-refractivity contribution >= 4 is 17.6 Å². The van der Waals surface area contributed by atoms with Crippen molar-refractivity contribution in [1.29, 1.82) is 0 Å². The monoisotopic (exact) mass is 296 g/mol. The standard InChI is InChI=1S/C14H20N2O5/c1-9(14(18)19)16(2)8-13(17)15-11-6-5-10(20-3)7-12(11)21-4/h5-7,9H,8H2,1-4H3,(H,15,17)(H,18,19). The third-order valence-corrected chi connectivity index (χ3v) is 3.09. The van der Waals surface area contributed by atoms with Crippen LogP contribution < -0.4 is 14.8 Å². The number of aliphatic carboxylic acids is 1. The summed E-state index contributed by atoms with van der Waals surface area (Å²) in [5, 5.41) is 11.6. The molecule has 0 heterocycles. The molecule has 2 N–H and O–H groups in total. The van der Waals surface area contributed by atoms with Crippen LogP contribution in [-0.2, 0) is 9.59 Å². The highest BCUT2D eigenvalue weighted by atomic mass is 16.5. The molecule has 0 aliphatic carbocycles. The first-order chi connectivity index (χ1) is 9.88. The third kappa shape index (κ3) is 4.64. The van der Waals surface area contributed by atoms with Gasteiger partial charge in [-0.1, -0.05) is 0 Å². The molecule has 0 aliphatic heterocycles. The first kappa shape index (κ1) is 16.8. The molecule has 0 radical (unpaired) electrons. The Morgan fingerprint density at radius 2 is 2.00 bits per heavy atom. The molecule has 1 amide bonds. The summed E-state index contributed by atoms with van der Waals surface area (Å²) in [4.78, 5) is 24.2. The Balaban J connectivity index is 2.73. The van der Waals surface area contributed by atoms with Crippen LogP contribution in [0.2, 0.25) is 0 Å². The summed E-state index contributed by atoms with van der Waals surface area (Å²) in [5.74, 6) is -0.223. The van der Waals surface area contributed by atoms with E-state index < -0.39 is 12.0 Å². The Labute approximate surface area is 123 Å². The van der Waals surface area contributed by atoms with Gasteiger partial charge in [0.05, 0.1) is 26.5 Å². The first-order valence-corrected chi connectivity index (χ1v) is 6.34. The number of carboxylic acid groups (broad SMARTS) is 1. The van der Waals surface area contributed by atoms with E-state index in [9.17, 15) is 9.59 Å². The number of benzene rings is 1. The topological polar surface area (TPSA) is 88.1 Å². The van der Waals surface area contributed by atoms with E-state index in [4.69, 9.17) is 14.6 Å². The Hall–Kier alpha value is -2.28. The van der Waals surface area contributed by atoms with Crippen LogP contribution in [0.3, 0.4) is 0 Å². The molecular formula is C14H20N2O5. The summed E-state index contributed by atoms with van der Waals surface area (Å²) in [6.45, 7) is 1.48. The highest BCUT2D eigenvalue weighted by Crippen LogP contribution is 2.28.